The zero-order valence-electron chi connectivity index (χ0n) is 8.58. The van der Waals surface area contributed by atoms with Crippen molar-refractivity contribution in [3.63, 3.8) is 0 Å². The number of hydrogen-bond acceptors (Lipinski definition) is 3. The molecule has 0 radical (unpaired) electrons. The summed E-state index contributed by atoms with van der Waals surface area (Å²) in [5, 5.41) is 9.73. The molecule has 90 valence electrons. The highest BCUT2D eigenvalue weighted by molar-refractivity contribution is 5.30. The average molecular weight is 235 g/mol. The Balaban J connectivity index is 2.84. The van der Waals surface area contributed by atoms with Crippen LogP contribution in [-0.4, -0.2) is 18.0 Å². The molecule has 0 aromatic heterocycles. The Morgan fingerprint density at radius 1 is 1.25 bits per heavy atom. The Labute approximate surface area is 90.6 Å². The van der Waals surface area contributed by atoms with Crippen LogP contribution in [0.3, 0.4) is 0 Å². The molecule has 0 fully saturated rings. The molecule has 1 atom stereocenters. The number of hydrogen-bond donors (Lipinski definition) is 2. The van der Waals surface area contributed by atoms with Gasteiger partial charge in [0.15, 0.2) is 0 Å². The fourth-order valence-corrected chi connectivity index (χ4v) is 1.13. The van der Waals surface area contributed by atoms with E-state index >= 15 is 0 Å². The molecule has 3 N–H and O–H groups in total. The van der Waals surface area contributed by atoms with Crippen molar-refractivity contribution >= 4 is 0 Å². The maximum atomic E-state index is 11.9. The number of ether oxygens (including phenoxy) is 1. The van der Waals surface area contributed by atoms with Crippen molar-refractivity contribution < 1.29 is 23.0 Å². The van der Waals surface area contributed by atoms with Crippen molar-refractivity contribution in [3.8, 4) is 5.75 Å². The maximum Gasteiger partial charge on any atom is 0.573 e. The summed E-state index contributed by atoms with van der Waals surface area (Å²) in [5.74, 6) is -0.330. The van der Waals surface area contributed by atoms with Crippen molar-refractivity contribution in [1.82, 2.24) is 0 Å². The lowest BCUT2D eigenvalue weighted by Gasteiger charge is -2.21. The molecule has 6 heteroatoms. The zero-order valence-corrected chi connectivity index (χ0v) is 8.58. The third kappa shape index (κ3) is 3.39. The van der Waals surface area contributed by atoms with Gasteiger partial charge in [-0.25, -0.2) is 0 Å². The molecule has 0 saturated heterocycles. The van der Waals surface area contributed by atoms with E-state index in [0.717, 1.165) is 12.1 Å². The maximum absolute atomic E-state index is 11.9. The normalized spacial score (nSPS) is 15.6. The summed E-state index contributed by atoms with van der Waals surface area (Å²) < 4.78 is 39.2. The van der Waals surface area contributed by atoms with Crippen molar-refractivity contribution in [3.05, 3.63) is 29.8 Å². The molecular formula is C10H12F3NO2. The Bertz CT molecular complexity index is 346. The predicted molar refractivity (Wildman–Crippen MR) is 51.8 cm³/mol. The van der Waals surface area contributed by atoms with Crippen LogP contribution in [0.15, 0.2) is 24.3 Å². The summed E-state index contributed by atoms with van der Waals surface area (Å²) in [6.45, 7) is 1.46. The largest absolute Gasteiger partial charge is 0.573 e. The van der Waals surface area contributed by atoms with Gasteiger partial charge in [-0.05, 0) is 24.6 Å². The van der Waals surface area contributed by atoms with E-state index in [-0.39, 0.29) is 12.3 Å². The smallest absolute Gasteiger partial charge is 0.406 e. The summed E-state index contributed by atoms with van der Waals surface area (Å²) in [6, 6.07) is 4.95. The number of halogens is 3. The standard InChI is InChI=1S/C10H12F3NO2/c1-9(15,6-14)7-2-4-8(5-3-7)16-10(11,12)13/h2-5,15H,6,14H2,1H3. The van der Waals surface area contributed by atoms with Gasteiger partial charge in [-0.2, -0.15) is 0 Å². The zero-order chi connectivity index (χ0) is 12.4. The van der Waals surface area contributed by atoms with E-state index in [1.165, 1.54) is 19.1 Å². The molecule has 1 aromatic carbocycles. The lowest BCUT2D eigenvalue weighted by atomic mass is 9.96. The minimum Gasteiger partial charge on any atom is -0.406 e. The Morgan fingerprint density at radius 2 is 1.75 bits per heavy atom. The van der Waals surface area contributed by atoms with E-state index in [4.69, 9.17) is 5.73 Å². The fraction of sp³-hybridized carbons (Fsp3) is 0.400. The van der Waals surface area contributed by atoms with Gasteiger partial charge in [-0.3, -0.25) is 0 Å². The van der Waals surface area contributed by atoms with Crippen LogP contribution in [0.1, 0.15) is 12.5 Å². The Kier molecular flexibility index (Phi) is 3.44. The number of benzene rings is 1. The number of nitrogens with two attached hydrogens (primary N) is 1. The number of alkyl halides is 3. The van der Waals surface area contributed by atoms with E-state index in [1.807, 2.05) is 0 Å². The molecule has 3 nitrogen and oxygen atoms in total. The van der Waals surface area contributed by atoms with Crippen LogP contribution >= 0.6 is 0 Å². The molecule has 0 aliphatic carbocycles. The highest BCUT2D eigenvalue weighted by atomic mass is 19.4. The minimum absolute atomic E-state index is 0.0214. The molecule has 1 rings (SSSR count). The monoisotopic (exact) mass is 235 g/mol. The van der Waals surface area contributed by atoms with Crippen LogP contribution in [0.2, 0.25) is 0 Å². The van der Waals surface area contributed by atoms with E-state index in [9.17, 15) is 18.3 Å². The van der Waals surface area contributed by atoms with Gasteiger partial charge in [0.05, 0.1) is 5.60 Å². The summed E-state index contributed by atoms with van der Waals surface area (Å²) in [4.78, 5) is 0. The summed E-state index contributed by atoms with van der Waals surface area (Å²) in [6.07, 6.45) is -4.71. The van der Waals surface area contributed by atoms with Crippen LogP contribution in [0.25, 0.3) is 0 Å². The van der Waals surface area contributed by atoms with Gasteiger partial charge in [0.1, 0.15) is 5.75 Å². The second kappa shape index (κ2) is 4.31. The average Bonchev–Trinajstić information content (AvgIpc) is 2.16. The van der Waals surface area contributed by atoms with Gasteiger partial charge in [0, 0.05) is 6.54 Å². The van der Waals surface area contributed by atoms with Gasteiger partial charge in [-0.1, -0.05) is 12.1 Å². The summed E-state index contributed by atoms with van der Waals surface area (Å²) in [5.41, 5.74) is 4.50. The molecular weight excluding hydrogens is 223 g/mol. The molecule has 0 heterocycles. The first-order chi connectivity index (χ1) is 7.24. The molecule has 16 heavy (non-hydrogen) atoms. The molecule has 0 spiro atoms. The van der Waals surface area contributed by atoms with Gasteiger partial charge in [-0.15, -0.1) is 13.2 Å². The topological polar surface area (TPSA) is 55.5 Å². The highest BCUT2D eigenvalue weighted by Crippen LogP contribution is 2.26. The first-order valence-corrected chi connectivity index (χ1v) is 4.53. The van der Waals surface area contributed by atoms with Crippen molar-refractivity contribution in [2.75, 3.05) is 6.54 Å². The van der Waals surface area contributed by atoms with Crippen LogP contribution in [0.4, 0.5) is 13.2 Å². The third-order valence-electron chi connectivity index (χ3n) is 2.11. The van der Waals surface area contributed by atoms with E-state index in [0.29, 0.717) is 5.56 Å². The lowest BCUT2D eigenvalue weighted by molar-refractivity contribution is -0.274. The number of rotatable bonds is 3. The van der Waals surface area contributed by atoms with Gasteiger partial charge in [0.25, 0.3) is 0 Å². The third-order valence-corrected chi connectivity index (χ3v) is 2.11. The first kappa shape index (κ1) is 12.8. The van der Waals surface area contributed by atoms with Crippen molar-refractivity contribution in [1.29, 1.82) is 0 Å². The first-order valence-electron chi connectivity index (χ1n) is 4.53. The SMILES string of the molecule is CC(O)(CN)c1ccc(OC(F)(F)F)cc1. The molecule has 1 unspecified atom stereocenters. The van der Waals surface area contributed by atoms with Crippen molar-refractivity contribution in [2.24, 2.45) is 5.73 Å². The number of aliphatic hydroxyl groups is 1. The molecule has 0 bridgehead atoms. The predicted octanol–water partition coefficient (Wildman–Crippen LogP) is 1.75. The minimum atomic E-state index is -4.71. The van der Waals surface area contributed by atoms with Crippen LogP contribution < -0.4 is 10.5 Å². The molecule has 1 aromatic rings. The highest BCUT2D eigenvalue weighted by Gasteiger charge is 2.31. The van der Waals surface area contributed by atoms with Crippen LogP contribution in [0, 0.1) is 0 Å². The van der Waals surface area contributed by atoms with Crippen LogP contribution in [-0.2, 0) is 5.60 Å². The van der Waals surface area contributed by atoms with E-state index in [2.05, 4.69) is 4.74 Å². The van der Waals surface area contributed by atoms with E-state index < -0.39 is 12.0 Å². The lowest BCUT2D eigenvalue weighted by Crippen LogP contribution is -2.31. The second-order valence-corrected chi connectivity index (χ2v) is 3.55. The van der Waals surface area contributed by atoms with Gasteiger partial charge >= 0.3 is 6.36 Å². The molecule has 0 amide bonds. The summed E-state index contributed by atoms with van der Waals surface area (Å²) in [7, 11) is 0. The fourth-order valence-electron chi connectivity index (χ4n) is 1.13. The van der Waals surface area contributed by atoms with Crippen LogP contribution in [0.5, 0.6) is 5.75 Å². The summed E-state index contributed by atoms with van der Waals surface area (Å²) >= 11 is 0. The van der Waals surface area contributed by atoms with Gasteiger partial charge in [0.2, 0.25) is 0 Å². The van der Waals surface area contributed by atoms with Crippen molar-refractivity contribution in [2.45, 2.75) is 18.9 Å². The van der Waals surface area contributed by atoms with Gasteiger partial charge < -0.3 is 15.6 Å². The Hall–Kier alpha value is -1.27. The quantitative estimate of drug-likeness (QED) is 0.839. The molecule has 0 aliphatic heterocycles. The molecule has 0 aliphatic rings. The Morgan fingerprint density at radius 3 is 2.12 bits per heavy atom. The second-order valence-electron chi connectivity index (χ2n) is 3.55. The molecule has 0 saturated carbocycles. The van der Waals surface area contributed by atoms with E-state index in [1.54, 1.807) is 0 Å².